The Kier molecular flexibility index (Phi) is 2.94. The van der Waals surface area contributed by atoms with Crippen LogP contribution >= 0.6 is 0 Å². The van der Waals surface area contributed by atoms with Gasteiger partial charge in [-0.05, 0) is 24.3 Å². The second-order valence-electron chi connectivity index (χ2n) is 2.83. The first-order valence-corrected chi connectivity index (χ1v) is 5.66. The SMILES string of the molecule is CS(=O)(=O)N(F)c1ccc(C(=O)O)cc1. The van der Waals surface area contributed by atoms with Crippen molar-refractivity contribution in [3.8, 4) is 0 Å². The molecule has 1 rings (SSSR count). The maximum atomic E-state index is 13.1. The second kappa shape index (κ2) is 3.85. The maximum Gasteiger partial charge on any atom is 0.335 e. The summed E-state index contributed by atoms with van der Waals surface area (Å²) >= 11 is 0. The van der Waals surface area contributed by atoms with Gasteiger partial charge in [-0.3, -0.25) is 0 Å². The molecule has 15 heavy (non-hydrogen) atoms. The van der Waals surface area contributed by atoms with Gasteiger partial charge in [-0.15, -0.1) is 4.53 Å². The monoisotopic (exact) mass is 233 g/mol. The first kappa shape index (κ1) is 11.4. The molecule has 0 unspecified atom stereocenters. The van der Waals surface area contributed by atoms with E-state index in [1.54, 1.807) is 0 Å². The molecule has 0 aliphatic rings. The normalized spacial score (nSPS) is 11.1. The van der Waals surface area contributed by atoms with Gasteiger partial charge in [0.2, 0.25) is 0 Å². The molecular formula is C8H8FNO4S. The molecule has 0 saturated carbocycles. The van der Waals surface area contributed by atoms with Crippen LogP contribution in [-0.4, -0.2) is 25.7 Å². The summed E-state index contributed by atoms with van der Waals surface area (Å²) in [5.41, 5.74) is -0.275. The van der Waals surface area contributed by atoms with Gasteiger partial charge in [-0.1, -0.05) is 4.48 Å². The highest BCUT2D eigenvalue weighted by Crippen LogP contribution is 2.18. The van der Waals surface area contributed by atoms with E-state index < -0.39 is 20.5 Å². The summed E-state index contributed by atoms with van der Waals surface area (Å²) in [7, 11) is -3.97. The second-order valence-corrected chi connectivity index (χ2v) is 4.62. The maximum absolute atomic E-state index is 13.1. The standard InChI is InChI=1S/C8H8FNO4S/c1-15(13,14)10(9)7-4-2-6(3-5-7)8(11)12/h2-5H,1H3,(H,11,12). The smallest absolute Gasteiger partial charge is 0.335 e. The fraction of sp³-hybridized carbons (Fsp3) is 0.125. The summed E-state index contributed by atoms with van der Waals surface area (Å²) in [6.07, 6.45) is 0.706. The van der Waals surface area contributed by atoms with E-state index in [1.165, 1.54) is 0 Å². The molecule has 0 heterocycles. The molecule has 0 aliphatic heterocycles. The Labute approximate surface area is 85.7 Å². The number of aromatic carboxylic acids is 1. The molecule has 1 aromatic rings. The molecule has 82 valence electrons. The summed E-state index contributed by atoms with van der Waals surface area (Å²) in [5, 5.41) is 8.55. The van der Waals surface area contributed by atoms with E-state index in [2.05, 4.69) is 0 Å². The first-order valence-electron chi connectivity index (χ1n) is 3.82. The van der Waals surface area contributed by atoms with E-state index in [0.717, 1.165) is 24.3 Å². The van der Waals surface area contributed by atoms with E-state index in [-0.39, 0.29) is 11.3 Å². The fourth-order valence-corrected chi connectivity index (χ4v) is 1.42. The molecule has 0 aliphatic carbocycles. The van der Waals surface area contributed by atoms with E-state index in [0.29, 0.717) is 6.26 Å². The van der Waals surface area contributed by atoms with Gasteiger partial charge in [0.25, 0.3) is 10.0 Å². The predicted octanol–water partition coefficient (Wildman–Crippen LogP) is 1.04. The van der Waals surface area contributed by atoms with Gasteiger partial charge in [-0.25, -0.2) is 13.2 Å². The predicted molar refractivity (Wildman–Crippen MR) is 51.8 cm³/mol. The summed E-state index contributed by atoms with van der Waals surface area (Å²) in [6, 6.07) is 4.39. The van der Waals surface area contributed by atoms with Crippen molar-refractivity contribution in [2.75, 3.05) is 10.8 Å². The molecule has 0 fully saturated rings. The van der Waals surface area contributed by atoms with Crippen LogP contribution in [0, 0.1) is 0 Å². The highest BCUT2D eigenvalue weighted by Gasteiger charge is 2.16. The minimum Gasteiger partial charge on any atom is -0.478 e. The number of rotatable bonds is 3. The zero-order valence-electron chi connectivity index (χ0n) is 7.71. The van der Waals surface area contributed by atoms with Crippen molar-refractivity contribution >= 4 is 21.7 Å². The average Bonchev–Trinajstić information content (AvgIpc) is 2.15. The van der Waals surface area contributed by atoms with Crippen molar-refractivity contribution in [2.24, 2.45) is 0 Å². The number of carboxylic acid groups (broad SMARTS) is 1. The fourth-order valence-electron chi connectivity index (χ4n) is 0.913. The van der Waals surface area contributed by atoms with Crippen molar-refractivity contribution in [1.29, 1.82) is 0 Å². The summed E-state index contributed by atoms with van der Waals surface area (Å²) in [6.45, 7) is 0. The zero-order valence-corrected chi connectivity index (χ0v) is 8.53. The molecular weight excluding hydrogens is 225 g/mol. The van der Waals surface area contributed by atoms with E-state index in [1.807, 2.05) is 0 Å². The molecule has 1 N–H and O–H groups in total. The van der Waals surface area contributed by atoms with Gasteiger partial charge >= 0.3 is 5.97 Å². The molecule has 1 aromatic carbocycles. The number of benzene rings is 1. The van der Waals surface area contributed by atoms with Crippen molar-refractivity contribution in [1.82, 2.24) is 0 Å². The van der Waals surface area contributed by atoms with Gasteiger partial charge in [0.05, 0.1) is 17.5 Å². The third-order valence-corrected chi connectivity index (χ3v) is 2.40. The summed E-state index contributed by atoms with van der Waals surface area (Å²) in [4.78, 5) is 10.5. The zero-order chi connectivity index (χ0) is 11.6. The molecule has 0 atom stereocenters. The highest BCUT2D eigenvalue weighted by molar-refractivity contribution is 7.91. The number of anilines is 1. The average molecular weight is 233 g/mol. The number of hydrogen-bond donors (Lipinski definition) is 1. The number of halogens is 1. The van der Waals surface area contributed by atoms with Crippen LogP contribution in [0.1, 0.15) is 10.4 Å². The highest BCUT2D eigenvalue weighted by atomic mass is 32.2. The van der Waals surface area contributed by atoms with Gasteiger partial charge in [-0.2, -0.15) is 0 Å². The Bertz CT molecular complexity index is 468. The topological polar surface area (TPSA) is 74.7 Å². The lowest BCUT2D eigenvalue weighted by Gasteiger charge is -2.10. The van der Waals surface area contributed by atoms with Gasteiger partial charge < -0.3 is 5.11 Å². The molecule has 0 spiro atoms. The number of nitrogens with zero attached hydrogens (tertiary/aromatic N) is 1. The van der Waals surface area contributed by atoms with Crippen LogP contribution in [0.5, 0.6) is 0 Å². The van der Waals surface area contributed by atoms with Gasteiger partial charge in [0, 0.05) is 0 Å². The van der Waals surface area contributed by atoms with Gasteiger partial charge in [0.1, 0.15) is 0 Å². The molecule has 5 nitrogen and oxygen atoms in total. The molecule has 0 bridgehead atoms. The van der Waals surface area contributed by atoms with E-state index >= 15 is 0 Å². The van der Waals surface area contributed by atoms with Crippen molar-refractivity contribution in [2.45, 2.75) is 0 Å². The Morgan fingerprint density at radius 1 is 1.33 bits per heavy atom. The number of carbonyl (C=O) groups is 1. The Hall–Kier alpha value is -1.63. The van der Waals surface area contributed by atoms with Crippen LogP contribution in [0.15, 0.2) is 24.3 Å². The summed E-state index contributed by atoms with van der Waals surface area (Å²) < 4.78 is 34.2. The quantitative estimate of drug-likeness (QED) is 0.791. The summed E-state index contributed by atoms with van der Waals surface area (Å²) in [5.74, 6) is -1.16. The Morgan fingerprint density at radius 2 is 1.80 bits per heavy atom. The number of hydrogen-bond acceptors (Lipinski definition) is 3. The molecule has 0 aromatic heterocycles. The number of sulfonamides is 1. The largest absolute Gasteiger partial charge is 0.478 e. The number of carboxylic acids is 1. The van der Waals surface area contributed by atoms with Gasteiger partial charge in [0.15, 0.2) is 0 Å². The van der Waals surface area contributed by atoms with Crippen LogP contribution in [0.2, 0.25) is 0 Å². The Morgan fingerprint density at radius 3 is 2.13 bits per heavy atom. The lowest BCUT2D eigenvalue weighted by molar-refractivity contribution is 0.0697. The molecule has 0 saturated heterocycles. The van der Waals surface area contributed by atoms with Crippen LogP contribution < -0.4 is 4.53 Å². The minimum atomic E-state index is -3.97. The van der Waals surface area contributed by atoms with E-state index in [4.69, 9.17) is 5.11 Å². The lowest BCUT2D eigenvalue weighted by Crippen LogP contribution is -2.20. The Balaban J connectivity index is 3.05. The van der Waals surface area contributed by atoms with Crippen molar-refractivity contribution < 1.29 is 22.8 Å². The third-order valence-electron chi connectivity index (χ3n) is 1.61. The molecule has 0 amide bonds. The molecule has 7 heteroatoms. The van der Waals surface area contributed by atoms with Crippen molar-refractivity contribution in [3.63, 3.8) is 0 Å². The van der Waals surface area contributed by atoms with Crippen molar-refractivity contribution in [3.05, 3.63) is 29.8 Å². The van der Waals surface area contributed by atoms with Crippen LogP contribution in [0.4, 0.5) is 10.2 Å². The molecule has 0 radical (unpaired) electrons. The first-order chi connectivity index (χ1) is 6.82. The minimum absolute atomic E-state index is 0.0411. The van der Waals surface area contributed by atoms with E-state index in [9.17, 15) is 17.7 Å². The van der Waals surface area contributed by atoms with Crippen LogP contribution in [-0.2, 0) is 10.0 Å². The third kappa shape index (κ3) is 2.66. The lowest BCUT2D eigenvalue weighted by atomic mass is 10.2. The van der Waals surface area contributed by atoms with Crippen LogP contribution in [0.25, 0.3) is 0 Å². The van der Waals surface area contributed by atoms with Crippen LogP contribution in [0.3, 0.4) is 0 Å².